The highest BCUT2D eigenvalue weighted by Crippen LogP contribution is 2.54. The molecule has 1 fully saturated rings. The van der Waals surface area contributed by atoms with E-state index in [0.29, 0.717) is 37.0 Å². The van der Waals surface area contributed by atoms with Crippen LogP contribution in [0.4, 0.5) is 30.7 Å². The Bertz CT molecular complexity index is 909. The van der Waals surface area contributed by atoms with E-state index in [2.05, 4.69) is 5.32 Å². The van der Waals surface area contributed by atoms with Crippen molar-refractivity contribution in [1.29, 1.82) is 0 Å². The molecule has 0 unspecified atom stereocenters. The molecule has 32 heavy (non-hydrogen) atoms. The quantitative estimate of drug-likeness (QED) is 0.481. The fourth-order valence-electron chi connectivity index (χ4n) is 4.69. The van der Waals surface area contributed by atoms with E-state index in [9.17, 15) is 45.4 Å². The summed E-state index contributed by atoms with van der Waals surface area (Å²) in [5.74, 6) is -2.36. The molecule has 2 aliphatic carbocycles. The predicted octanol–water partition coefficient (Wildman–Crippen LogP) is 5.01. The normalized spacial score (nSPS) is 24.0. The first kappa shape index (κ1) is 24.3. The van der Waals surface area contributed by atoms with Crippen LogP contribution in [0.2, 0.25) is 0 Å². The number of aliphatic carboxylic acids is 1. The third kappa shape index (κ3) is 3.73. The zero-order valence-electron chi connectivity index (χ0n) is 17.2. The van der Waals surface area contributed by atoms with Gasteiger partial charge in [0.15, 0.2) is 0 Å². The van der Waals surface area contributed by atoms with Crippen molar-refractivity contribution in [3.8, 4) is 0 Å². The third-order valence-electron chi connectivity index (χ3n) is 6.71. The number of carbonyl (C=O) groups excluding carboxylic acids is 1. The van der Waals surface area contributed by atoms with Crippen LogP contribution >= 0.6 is 0 Å². The lowest BCUT2D eigenvalue weighted by molar-refractivity contribution is -0.348. The number of carboxylic acids is 1. The molecular formula is C21H22F7NO3. The Morgan fingerprint density at radius 3 is 2.09 bits per heavy atom. The summed E-state index contributed by atoms with van der Waals surface area (Å²) < 4.78 is 92.9. The highest BCUT2D eigenvalue weighted by atomic mass is 19.4. The smallest absolute Gasteiger partial charge is 0.435 e. The summed E-state index contributed by atoms with van der Waals surface area (Å²) in [5, 5.41) is 11.9. The van der Waals surface area contributed by atoms with Crippen molar-refractivity contribution in [3.05, 3.63) is 34.9 Å². The van der Waals surface area contributed by atoms with E-state index in [1.165, 1.54) is 13.8 Å². The summed E-state index contributed by atoms with van der Waals surface area (Å²) in [7, 11) is 0. The molecule has 1 amide bonds. The van der Waals surface area contributed by atoms with Gasteiger partial charge in [-0.1, -0.05) is 18.2 Å². The lowest BCUT2D eigenvalue weighted by Crippen LogP contribution is -2.50. The minimum absolute atomic E-state index is 0.116. The molecule has 0 aliphatic heterocycles. The van der Waals surface area contributed by atoms with Gasteiger partial charge in [-0.3, -0.25) is 9.59 Å². The van der Waals surface area contributed by atoms with Crippen LogP contribution in [0, 0.1) is 11.3 Å². The summed E-state index contributed by atoms with van der Waals surface area (Å²) in [6.07, 6.45) is -10.9. The van der Waals surface area contributed by atoms with Crippen molar-refractivity contribution < 1.29 is 45.4 Å². The molecular weight excluding hydrogens is 447 g/mol. The van der Waals surface area contributed by atoms with E-state index in [1.54, 1.807) is 0 Å². The molecule has 3 atom stereocenters. The largest absolute Gasteiger partial charge is 0.480 e. The van der Waals surface area contributed by atoms with Gasteiger partial charge in [-0.15, -0.1) is 0 Å². The number of hydrogen-bond acceptors (Lipinski definition) is 2. The second-order valence-corrected chi connectivity index (χ2v) is 8.96. The molecule has 1 saturated carbocycles. The first-order valence-corrected chi connectivity index (χ1v) is 10.0. The van der Waals surface area contributed by atoms with E-state index < -0.39 is 40.9 Å². The monoisotopic (exact) mass is 469 g/mol. The molecule has 0 spiro atoms. The highest BCUT2D eigenvalue weighted by molar-refractivity contribution is 6.01. The molecule has 0 bridgehead atoms. The van der Waals surface area contributed by atoms with Crippen LogP contribution < -0.4 is 5.32 Å². The van der Waals surface area contributed by atoms with Crippen LogP contribution in [-0.4, -0.2) is 35.4 Å². The van der Waals surface area contributed by atoms with Crippen LogP contribution in [0.5, 0.6) is 0 Å². The standard InChI is InChI=1S/C21H22F7NO3/c1-18(2,17(31)32)16(30)29-15-8-7-13-12-6-4-11(9-10(12)3-5-14(13)15)19(22,20(23,24)25)21(26,27)28/h4,6,9,13-15H,3,5,7-8H2,1-2H3,(H,29,30)(H,31,32)/t13-,14+,15+/m0/s1. The van der Waals surface area contributed by atoms with Crippen LogP contribution in [-0.2, 0) is 21.7 Å². The molecule has 1 aromatic carbocycles. The molecule has 0 radical (unpaired) electrons. The lowest BCUT2D eigenvalue weighted by atomic mass is 9.74. The van der Waals surface area contributed by atoms with E-state index in [-0.39, 0.29) is 29.9 Å². The molecule has 0 heterocycles. The maximum atomic E-state index is 14.4. The van der Waals surface area contributed by atoms with Crippen molar-refractivity contribution in [2.24, 2.45) is 11.3 Å². The predicted molar refractivity (Wildman–Crippen MR) is 98.5 cm³/mol. The van der Waals surface area contributed by atoms with Gasteiger partial charge in [0.1, 0.15) is 5.41 Å². The summed E-state index contributed by atoms with van der Waals surface area (Å²) in [5.41, 5.74) is -7.87. The number of carboxylic acid groups (broad SMARTS) is 1. The molecule has 2 aliphatic rings. The second kappa shape index (κ2) is 7.62. The Hall–Kier alpha value is -2.33. The van der Waals surface area contributed by atoms with Gasteiger partial charge in [0.2, 0.25) is 5.91 Å². The summed E-state index contributed by atoms with van der Waals surface area (Å²) in [4.78, 5) is 23.7. The lowest BCUT2D eigenvalue weighted by Gasteiger charge is -2.35. The summed E-state index contributed by atoms with van der Waals surface area (Å²) in [6, 6.07) is 1.91. The number of amides is 1. The van der Waals surface area contributed by atoms with Crippen LogP contribution in [0.25, 0.3) is 0 Å². The Labute approximate surface area is 179 Å². The number of carbonyl (C=O) groups is 2. The second-order valence-electron chi connectivity index (χ2n) is 8.96. The first-order chi connectivity index (χ1) is 14.5. The Balaban J connectivity index is 1.88. The van der Waals surface area contributed by atoms with Crippen molar-refractivity contribution in [1.82, 2.24) is 5.32 Å². The van der Waals surface area contributed by atoms with Gasteiger partial charge in [-0.05, 0) is 62.5 Å². The van der Waals surface area contributed by atoms with E-state index in [4.69, 9.17) is 0 Å². The van der Waals surface area contributed by atoms with Crippen LogP contribution in [0.15, 0.2) is 18.2 Å². The number of halogens is 7. The Kier molecular flexibility index (Phi) is 5.79. The maximum absolute atomic E-state index is 14.4. The average Bonchev–Trinajstić information content (AvgIpc) is 3.08. The molecule has 178 valence electrons. The molecule has 2 N–H and O–H groups in total. The van der Waals surface area contributed by atoms with Gasteiger partial charge < -0.3 is 10.4 Å². The van der Waals surface area contributed by atoms with Crippen LogP contribution in [0.1, 0.15) is 55.7 Å². The molecule has 11 heteroatoms. The summed E-state index contributed by atoms with van der Waals surface area (Å²) in [6.45, 7) is 2.53. The molecule has 0 saturated heterocycles. The first-order valence-electron chi connectivity index (χ1n) is 10.0. The number of benzene rings is 1. The van der Waals surface area contributed by atoms with Crippen molar-refractivity contribution in [2.75, 3.05) is 0 Å². The van der Waals surface area contributed by atoms with Gasteiger partial charge in [0.25, 0.3) is 0 Å². The molecule has 1 aromatic rings. The number of nitrogens with one attached hydrogen (secondary N) is 1. The SMILES string of the molecule is CC(C)(C(=O)O)C(=O)N[C@@H]1CC[C@H]2c3ccc(C(F)(C(F)(F)F)C(F)(F)F)cc3CC[C@@H]12. The van der Waals surface area contributed by atoms with Gasteiger partial charge in [0, 0.05) is 11.6 Å². The average molecular weight is 469 g/mol. The van der Waals surface area contributed by atoms with Gasteiger partial charge >= 0.3 is 24.0 Å². The minimum Gasteiger partial charge on any atom is -0.480 e. The topological polar surface area (TPSA) is 66.4 Å². The Morgan fingerprint density at radius 1 is 0.969 bits per heavy atom. The number of aryl methyl sites for hydroxylation is 1. The fraction of sp³-hybridized carbons (Fsp3) is 0.619. The minimum atomic E-state index is -6.17. The van der Waals surface area contributed by atoms with E-state index >= 15 is 0 Å². The van der Waals surface area contributed by atoms with Crippen molar-refractivity contribution >= 4 is 11.9 Å². The number of fused-ring (bicyclic) bond motifs is 3. The van der Waals surface area contributed by atoms with Gasteiger partial charge in [-0.2, -0.15) is 26.3 Å². The molecule has 0 aromatic heterocycles. The fourth-order valence-corrected chi connectivity index (χ4v) is 4.69. The van der Waals surface area contributed by atoms with Gasteiger partial charge in [0.05, 0.1) is 0 Å². The highest BCUT2D eigenvalue weighted by Gasteiger charge is 2.73. The van der Waals surface area contributed by atoms with Gasteiger partial charge in [-0.25, -0.2) is 4.39 Å². The third-order valence-corrected chi connectivity index (χ3v) is 6.71. The van der Waals surface area contributed by atoms with Crippen LogP contribution in [0.3, 0.4) is 0 Å². The van der Waals surface area contributed by atoms with E-state index in [1.807, 2.05) is 0 Å². The number of hydrogen-bond donors (Lipinski definition) is 2. The molecule has 3 rings (SSSR count). The number of alkyl halides is 7. The Morgan fingerprint density at radius 2 is 1.56 bits per heavy atom. The van der Waals surface area contributed by atoms with E-state index in [0.717, 1.165) is 6.07 Å². The zero-order valence-corrected chi connectivity index (χ0v) is 17.2. The molecule has 4 nitrogen and oxygen atoms in total. The maximum Gasteiger partial charge on any atom is 0.435 e. The van der Waals surface area contributed by atoms with Crippen molar-refractivity contribution in [2.45, 2.75) is 69.5 Å². The zero-order chi connectivity index (χ0) is 24.3. The van der Waals surface area contributed by atoms with Crippen molar-refractivity contribution in [3.63, 3.8) is 0 Å². The summed E-state index contributed by atoms with van der Waals surface area (Å²) >= 11 is 0. The number of rotatable bonds is 4.